The minimum atomic E-state index is -0.259. The molecule has 0 aliphatic carbocycles. The molecule has 1 heterocycles. The molecule has 0 unspecified atom stereocenters. The van der Waals surface area contributed by atoms with Gasteiger partial charge in [0.05, 0.1) is 5.69 Å². The Bertz CT molecular complexity index is 806. The van der Waals surface area contributed by atoms with Crippen molar-refractivity contribution in [3.63, 3.8) is 0 Å². The number of thioether (sulfide) groups is 1. The van der Waals surface area contributed by atoms with Crippen LogP contribution in [0.5, 0.6) is 0 Å². The lowest BCUT2D eigenvalue weighted by Crippen LogP contribution is -2.01. The lowest BCUT2D eigenvalue weighted by atomic mass is 10.2. The molecule has 0 aliphatic rings. The topological polar surface area (TPSA) is 43.6 Å². The summed E-state index contributed by atoms with van der Waals surface area (Å²) < 4.78 is 15.6. The van der Waals surface area contributed by atoms with E-state index >= 15 is 0 Å². The highest BCUT2D eigenvalue weighted by Crippen LogP contribution is 2.27. The molecule has 7 heteroatoms. The SMILES string of the molecule is Cc1ccccc1-n1nnnc1SCc1ccc(F)cc1Br. The van der Waals surface area contributed by atoms with E-state index in [-0.39, 0.29) is 5.82 Å². The molecule has 0 radical (unpaired) electrons. The fourth-order valence-electron chi connectivity index (χ4n) is 2.00. The van der Waals surface area contributed by atoms with Crippen LogP contribution in [0.25, 0.3) is 5.69 Å². The molecule has 0 saturated heterocycles. The van der Waals surface area contributed by atoms with Crippen molar-refractivity contribution in [3.05, 3.63) is 63.9 Å². The number of benzene rings is 2. The van der Waals surface area contributed by atoms with Gasteiger partial charge in [-0.1, -0.05) is 52.0 Å². The van der Waals surface area contributed by atoms with Crippen LogP contribution in [0, 0.1) is 12.7 Å². The summed E-state index contributed by atoms with van der Waals surface area (Å²) in [6.45, 7) is 2.02. The third kappa shape index (κ3) is 3.20. The second-order valence-corrected chi connectivity index (χ2v) is 6.48. The van der Waals surface area contributed by atoms with Gasteiger partial charge in [0.15, 0.2) is 0 Å². The van der Waals surface area contributed by atoms with Gasteiger partial charge in [-0.15, -0.1) is 5.10 Å². The largest absolute Gasteiger partial charge is 0.214 e. The first-order valence-electron chi connectivity index (χ1n) is 6.56. The molecule has 0 saturated carbocycles. The molecule has 112 valence electrons. The maximum Gasteiger partial charge on any atom is 0.214 e. The molecular weight excluding hydrogens is 367 g/mol. The Kier molecular flexibility index (Phi) is 4.54. The van der Waals surface area contributed by atoms with Crippen LogP contribution in [0.3, 0.4) is 0 Å². The number of hydrogen-bond acceptors (Lipinski definition) is 4. The van der Waals surface area contributed by atoms with Gasteiger partial charge in [-0.3, -0.25) is 0 Å². The van der Waals surface area contributed by atoms with E-state index in [9.17, 15) is 4.39 Å². The summed E-state index contributed by atoms with van der Waals surface area (Å²) >= 11 is 4.88. The Morgan fingerprint density at radius 2 is 2.05 bits per heavy atom. The molecular formula is C15H12BrFN4S. The second kappa shape index (κ2) is 6.58. The number of aromatic nitrogens is 4. The summed E-state index contributed by atoms with van der Waals surface area (Å²) in [6, 6.07) is 12.6. The summed E-state index contributed by atoms with van der Waals surface area (Å²) in [5.41, 5.74) is 3.04. The predicted molar refractivity (Wildman–Crippen MR) is 87.6 cm³/mol. The number of aryl methyl sites for hydroxylation is 1. The van der Waals surface area contributed by atoms with Gasteiger partial charge < -0.3 is 0 Å². The molecule has 0 bridgehead atoms. The van der Waals surface area contributed by atoms with Crippen LogP contribution < -0.4 is 0 Å². The average molecular weight is 379 g/mol. The Morgan fingerprint density at radius 1 is 1.23 bits per heavy atom. The first-order valence-corrected chi connectivity index (χ1v) is 8.34. The smallest absolute Gasteiger partial charge is 0.207 e. The summed E-state index contributed by atoms with van der Waals surface area (Å²) in [5.74, 6) is 0.387. The Hall–Kier alpha value is -1.73. The van der Waals surface area contributed by atoms with E-state index in [0.29, 0.717) is 10.9 Å². The van der Waals surface area contributed by atoms with Gasteiger partial charge in [-0.25, -0.2) is 4.39 Å². The van der Waals surface area contributed by atoms with Crippen molar-refractivity contribution in [1.82, 2.24) is 20.2 Å². The van der Waals surface area contributed by atoms with Crippen LogP contribution in [0.15, 0.2) is 52.1 Å². The quantitative estimate of drug-likeness (QED) is 0.639. The summed E-state index contributed by atoms with van der Waals surface area (Å²) in [4.78, 5) is 0. The van der Waals surface area contributed by atoms with Crippen LogP contribution in [-0.2, 0) is 5.75 Å². The number of para-hydroxylation sites is 1. The average Bonchev–Trinajstić information content (AvgIpc) is 2.95. The number of tetrazole rings is 1. The molecule has 0 aliphatic heterocycles. The zero-order valence-corrected chi connectivity index (χ0v) is 14.1. The van der Waals surface area contributed by atoms with Gasteiger partial charge in [0, 0.05) is 10.2 Å². The van der Waals surface area contributed by atoms with E-state index in [4.69, 9.17) is 0 Å². The third-order valence-corrected chi connectivity index (χ3v) is 4.86. The molecule has 0 fully saturated rings. The maximum absolute atomic E-state index is 13.1. The van der Waals surface area contributed by atoms with Crippen molar-refractivity contribution in [2.75, 3.05) is 0 Å². The third-order valence-electron chi connectivity index (χ3n) is 3.16. The van der Waals surface area contributed by atoms with E-state index in [1.807, 2.05) is 31.2 Å². The summed E-state index contributed by atoms with van der Waals surface area (Å²) in [7, 11) is 0. The first kappa shape index (κ1) is 15.2. The van der Waals surface area contributed by atoms with E-state index in [2.05, 4.69) is 31.5 Å². The van der Waals surface area contributed by atoms with E-state index in [1.165, 1.54) is 23.9 Å². The van der Waals surface area contributed by atoms with Crippen molar-refractivity contribution < 1.29 is 4.39 Å². The van der Waals surface area contributed by atoms with Gasteiger partial charge in [-0.2, -0.15) is 4.68 Å². The summed E-state index contributed by atoms with van der Waals surface area (Å²) in [5, 5.41) is 12.6. The standard InChI is InChI=1S/C15H12BrFN4S/c1-10-4-2-3-5-14(10)21-15(18-19-20-21)22-9-11-6-7-12(17)8-13(11)16/h2-8H,9H2,1H3. The van der Waals surface area contributed by atoms with Crippen LogP contribution >= 0.6 is 27.7 Å². The minimum Gasteiger partial charge on any atom is -0.207 e. The van der Waals surface area contributed by atoms with Crippen LogP contribution in [0.4, 0.5) is 4.39 Å². The first-order chi connectivity index (χ1) is 10.6. The lowest BCUT2D eigenvalue weighted by molar-refractivity contribution is 0.626. The van der Waals surface area contributed by atoms with Crippen molar-refractivity contribution >= 4 is 27.7 Å². The fourth-order valence-corrected chi connectivity index (χ4v) is 3.57. The predicted octanol–water partition coefficient (Wildman–Crippen LogP) is 4.16. The molecule has 22 heavy (non-hydrogen) atoms. The lowest BCUT2D eigenvalue weighted by Gasteiger charge is -2.07. The number of nitrogens with zero attached hydrogens (tertiary/aromatic N) is 4. The molecule has 1 aromatic heterocycles. The Balaban J connectivity index is 1.83. The van der Waals surface area contributed by atoms with Crippen molar-refractivity contribution in [2.24, 2.45) is 0 Å². The number of rotatable bonds is 4. The Morgan fingerprint density at radius 3 is 2.82 bits per heavy atom. The van der Waals surface area contributed by atoms with Crippen molar-refractivity contribution in [1.29, 1.82) is 0 Å². The van der Waals surface area contributed by atoms with E-state index < -0.39 is 0 Å². The van der Waals surface area contributed by atoms with Crippen LogP contribution in [-0.4, -0.2) is 20.2 Å². The van der Waals surface area contributed by atoms with E-state index in [1.54, 1.807) is 10.7 Å². The fraction of sp³-hybridized carbons (Fsp3) is 0.133. The van der Waals surface area contributed by atoms with Gasteiger partial charge >= 0.3 is 0 Å². The van der Waals surface area contributed by atoms with Crippen LogP contribution in [0.1, 0.15) is 11.1 Å². The highest BCUT2D eigenvalue weighted by molar-refractivity contribution is 9.10. The molecule has 0 spiro atoms. The number of hydrogen-bond donors (Lipinski definition) is 0. The van der Waals surface area contributed by atoms with Crippen molar-refractivity contribution in [3.8, 4) is 5.69 Å². The van der Waals surface area contributed by atoms with Gasteiger partial charge in [0.2, 0.25) is 5.16 Å². The van der Waals surface area contributed by atoms with Gasteiger partial charge in [0.25, 0.3) is 0 Å². The van der Waals surface area contributed by atoms with Gasteiger partial charge in [-0.05, 0) is 46.7 Å². The molecule has 4 nitrogen and oxygen atoms in total. The normalized spacial score (nSPS) is 10.9. The maximum atomic E-state index is 13.1. The van der Waals surface area contributed by atoms with E-state index in [0.717, 1.165) is 21.3 Å². The number of halogens is 2. The highest BCUT2D eigenvalue weighted by atomic mass is 79.9. The van der Waals surface area contributed by atoms with Gasteiger partial charge in [0.1, 0.15) is 5.82 Å². The molecule has 0 atom stereocenters. The summed E-state index contributed by atoms with van der Waals surface area (Å²) in [6.07, 6.45) is 0. The van der Waals surface area contributed by atoms with Crippen molar-refractivity contribution in [2.45, 2.75) is 17.8 Å². The molecule has 2 aromatic carbocycles. The van der Waals surface area contributed by atoms with Crippen LogP contribution in [0.2, 0.25) is 0 Å². The highest BCUT2D eigenvalue weighted by Gasteiger charge is 2.12. The molecule has 3 aromatic rings. The minimum absolute atomic E-state index is 0.259. The zero-order chi connectivity index (χ0) is 15.5. The molecule has 0 N–H and O–H groups in total. The second-order valence-electron chi connectivity index (χ2n) is 4.68. The Labute approximate surface area is 139 Å². The monoisotopic (exact) mass is 378 g/mol. The zero-order valence-electron chi connectivity index (χ0n) is 11.7. The molecule has 0 amide bonds. The molecule has 3 rings (SSSR count).